The summed E-state index contributed by atoms with van der Waals surface area (Å²) >= 11 is 4.36. The van der Waals surface area contributed by atoms with E-state index in [0.29, 0.717) is 50.7 Å². The quantitative estimate of drug-likeness (QED) is 0.265. The maximum Gasteiger partial charge on any atom is 0.338 e. The van der Waals surface area contributed by atoms with E-state index in [2.05, 4.69) is 11.2 Å². The molecule has 1 aromatic rings. The molecule has 0 spiro atoms. The molecule has 0 heterocycles. The van der Waals surface area contributed by atoms with E-state index in [-0.39, 0.29) is 19.0 Å². The van der Waals surface area contributed by atoms with E-state index >= 15 is 0 Å². The molecule has 0 aliphatic heterocycles. The van der Waals surface area contributed by atoms with Gasteiger partial charge in [-0.15, -0.1) is 0 Å². The van der Waals surface area contributed by atoms with Crippen LogP contribution in [0.5, 0.6) is 0 Å². The van der Waals surface area contributed by atoms with Crippen molar-refractivity contribution in [2.75, 3.05) is 57.7 Å². The maximum absolute atomic E-state index is 11.7. The van der Waals surface area contributed by atoms with Crippen LogP contribution in [0.3, 0.4) is 0 Å². The van der Waals surface area contributed by atoms with Crippen molar-refractivity contribution in [2.45, 2.75) is 6.42 Å². The molecule has 8 nitrogen and oxygen atoms in total. The summed E-state index contributed by atoms with van der Waals surface area (Å²) in [5.41, 5.74) is 6.57. The van der Waals surface area contributed by atoms with Crippen molar-refractivity contribution in [2.24, 2.45) is 0 Å². The van der Waals surface area contributed by atoms with Gasteiger partial charge in [0.15, 0.2) is 0 Å². The van der Waals surface area contributed by atoms with E-state index in [9.17, 15) is 9.00 Å². The zero-order chi connectivity index (χ0) is 19.3. The Balaban J connectivity index is 1.87. The number of nitrogens with two attached hydrogens (primary N) is 1. The Labute approximate surface area is 158 Å². The SMILES string of the molecule is Nc1ccc(C(=O)OCCOCCOCCOCCCS(=O)(O)=S)cc1. The summed E-state index contributed by atoms with van der Waals surface area (Å²) in [5, 5.41) is 0. The van der Waals surface area contributed by atoms with Crippen LogP contribution in [-0.4, -0.2) is 66.7 Å². The lowest BCUT2D eigenvalue weighted by molar-refractivity contribution is 0.000654. The molecular formula is C16H25NO7S2. The molecule has 0 radical (unpaired) electrons. The second-order valence-electron chi connectivity index (χ2n) is 5.23. The molecule has 1 unspecified atom stereocenters. The lowest BCUT2D eigenvalue weighted by atomic mass is 10.2. The number of nitrogen functional groups attached to an aromatic ring is 1. The molecule has 0 aliphatic rings. The van der Waals surface area contributed by atoms with Crippen LogP contribution in [0.4, 0.5) is 5.69 Å². The summed E-state index contributed by atoms with van der Waals surface area (Å²) in [6, 6.07) is 6.48. The number of esters is 1. The number of hydrogen-bond donors (Lipinski definition) is 2. The number of anilines is 1. The van der Waals surface area contributed by atoms with Gasteiger partial charge >= 0.3 is 5.97 Å². The Morgan fingerprint density at radius 3 is 2.00 bits per heavy atom. The van der Waals surface area contributed by atoms with Gasteiger partial charge in [-0.2, -0.15) is 0 Å². The van der Waals surface area contributed by atoms with Crippen molar-refractivity contribution in [1.29, 1.82) is 0 Å². The van der Waals surface area contributed by atoms with Crippen molar-refractivity contribution in [3.8, 4) is 0 Å². The highest BCUT2D eigenvalue weighted by Gasteiger charge is 2.06. The van der Waals surface area contributed by atoms with E-state index in [0.717, 1.165) is 0 Å². The summed E-state index contributed by atoms with van der Waals surface area (Å²) in [6.07, 6.45) is 0.441. The average Bonchev–Trinajstić information content (AvgIpc) is 2.58. The van der Waals surface area contributed by atoms with Crippen molar-refractivity contribution >= 4 is 31.6 Å². The largest absolute Gasteiger partial charge is 0.460 e. The molecule has 26 heavy (non-hydrogen) atoms. The van der Waals surface area contributed by atoms with Crippen molar-refractivity contribution in [3.63, 3.8) is 0 Å². The predicted octanol–water partition coefficient (Wildman–Crippen LogP) is 1.08. The highest BCUT2D eigenvalue weighted by Crippen LogP contribution is 2.06. The number of ether oxygens (including phenoxy) is 4. The molecule has 0 saturated heterocycles. The summed E-state index contributed by atoms with van der Waals surface area (Å²) < 4.78 is 40.6. The third kappa shape index (κ3) is 12.1. The fourth-order valence-corrected chi connectivity index (χ4v) is 2.62. The van der Waals surface area contributed by atoms with Crippen molar-refractivity contribution < 1.29 is 32.5 Å². The van der Waals surface area contributed by atoms with Gasteiger partial charge in [0.2, 0.25) is 0 Å². The molecule has 3 N–H and O–H groups in total. The predicted molar refractivity (Wildman–Crippen MR) is 101 cm³/mol. The molecule has 148 valence electrons. The van der Waals surface area contributed by atoms with Gasteiger partial charge in [-0.25, -0.2) is 9.00 Å². The Kier molecular flexibility index (Phi) is 11.3. The summed E-state index contributed by atoms with van der Waals surface area (Å²) in [7, 11) is -3.09. The normalized spacial score (nSPS) is 13.3. The minimum Gasteiger partial charge on any atom is -0.460 e. The van der Waals surface area contributed by atoms with E-state index in [1.807, 2.05) is 0 Å². The van der Waals surface area contributed by atoms with Crippen molar-refractivity contribution in [1.82, 2.24) is 0 Å². The van der Waals surface area contributed by atoms with E-state index in [4.69, 9.17) is 29.2 Å². The molecule has 0 bridgehead atoms. The van der Waals surface area contributed by atoms with Gasteiger partial charge < -0.3 is 29.2 Å². The standard InChI is InChI=1S/C16H25NO7S2/c17-15-4-2-14(3-5-15)16(18)24-12-11-23-10-9-22-8-7-21-6-1-13-26(19,20)25/h2-5H,1,6-13,17H2,(H,19,20,25). The van der Waals surface area contributed by atoms with Gasteiger partial charge in [0.05, 0.1) is 44.4 Å². The Morgan fingerprint density at radius 1 is 0.962 bits per heavy atom. The topological polar surface area (TPSA) is 117 Å². The van der Waals surface area contributed by atoms with Gasteiger partial charge in [-0.05, 0) is 30.7 Å². The fraction of sp³-hybridized carbons (Fsp3) is 0.562. The maximum atomic E-state index is 11.7. The molecule has 0 amide bonds. The third-order valence-corrected chi connectivity index (χ3v) is 4.35. The second-order valence-corrected chi connectivity index (χ2v) is 8.37. The number of carbonyl (C=O) groups excluding carboxylic acids is 1. The highest BCUT2D eigenvalue weighted by atomic mass is 32.8. The molecule has 1 aromatic carbocycles. The minimum atomic E-state index is -3.09. The molecular weight excluding hydrogens is 382 g/mol. The van der Waals surface area contributed by atoms with Gasteiger partial charge in [-0.1, -0.05) is 0 Å². The van der Waals surface area contributed by atoms with E-state index in [1.54, 1.807) is 24.3 Å². The third-order valence-electron chi connectivity index (χ3n) is 3.04. The van der Waals surface area contributed by atoms with E-state index in [1.165, 1.54) is 0 Å². The summed E-state index contributed by atoms with van der Waals surface area (Å²) in [4.78, 5) is 11.7. The zero-order valence-electron chi connectivity index (χ0n) is 14.5. The van der Waals surface area contributed by atoms with Gasteiger partial charge in [0.1, 0.15) is 15.4 Å². The number of hydrogen-bond acceptors (Lipinski definition) is 8. The first kappa shape index (κ1) is 22.7. The number of carbonyl (C=O) groups is 1. The van der Waals surface area contributed by atoms with Crippen LogP contribution in [0.1, 0.15) is 16.8 Å². The minimum absolute atomic E-state index is 0.0555. The Bertz CT molecular complexity index is 620. The van der Waals surface area contributed by atoms with Crippen LogP contribution in [-0.2, 0) is 38.9 Å². The second kappa shape index (κ2) is 13.0. The van der Waals surface area contributed by atoms with Crippen molar-refractivity contribution in [3.05, 3.63) is 29.8 Å². The highest BCUT2D eigenvalue weighted by molar-refractivity contribution is 8.29. The number of benzene rings is 1. The fourth-order valence-electron chi connectivity index (χ4n) is 1.78. The molecule has 0 saturated carbocycles. The van der Waals surface area contributed by atoms with Gasteiger partial charge in [0.25, 0.3) is 0 Å². The zero-order valence-corrected chi connectivity index (χ0v) is 16.1. The Morgan fingerprint density at radius 2 is 1.46 bits per heavy atom. The molecule has 1 rings (SSSR count). The average molecular weight is 408 g/mol. The molecule has 10 heteroatoms. The molecule has 0 fully saturated rings. The van der Waals surface area contributed by atoms with Crippen LogP contribution in [0.15, 0.2) is 24.3 Å². The number of rotatable bonds is 14. The first-order valence-corrected chi connectivity index (χ1v) is 10.7. The van der Waals surface area contributed by atoms with E-state index < -0.39 is 14.7 Å². The molecule has 0 aromatic heterocycles. The monoisotopic (exact) mass is 407 g/mol. The van der Waals surface area contributed by atoms with Crippen LogP contribution < -0.4 is 5.73 Å². The lowest BCUT2D eigenvalue weighted by Gasteiger charge is -2.08. The van der Waals surface area contributed by atoms with Gasteiger partial charge in [0, 0.05) is 23.5 Å². The van der Waals surface area contributed by atoms with Gasteiger partial charge in [-0.3, -0.25) is 0 Å². The Hall–Kier alpha value is -1.30. The summed E-state index contributed by atoms with van der Waals surface area (Å²) in [6.45, 7) is 2.37. The van der Waals surface area contributed by atoms with Crippen LogP contribution in [0.2, 0.25) is 0 Å². The summed E-state index contributed by atoms with van der Waals surface area (Å²) in [5.74, 6) is -0.366. The van der Waals surface area contributed by atoms with Crippen LogP contribution in [0.25, 0.3) is 0 Å². The first-order valence-electron chi connectivity index (χ1n) is 8.09. The molecule has 0 aliphatic carbocycles. The first-order chi connectivity index (χ1) is 12.4. The van der Waals surface area contributed by atoms with Crippen LogP contribution in [0, 0.1) is 0 Å². The lowest BCUT2D eigenvalue weighted by Crippen LogP contribution is -2.14. The van der Waals surface area contributed by atoms with Crippen LogP contribution >= 0.6 is 0 Å². The molecule has 1 atom stereocenters. The smallest absolute Gasteiger partial charge is 0.338 e.